The van der Waals surface area contributed by atoms with Crippen molar-refractivity contribution in [1.82, 2.24) is 4.90 Å². The van der Waals surface area contributed by atoms with Gasteiger partial charge in [0.25, 0.3) is 0 Å². The van der Waals surface area contributed by atoms with Crippen molar-refractivity contribution in [3.05, 3.63) is 58.6 Å². The lowest BCUT2D eigenvalue weighted by atomic mass is 10.0. The number of anilines is 1. The first-order valence-corrected chi connectivity index (χ1v) is 10.4. The topological polar surface area (TPSA) is 68.3 Å². The second-order valence-corrected chi connectivity index (χ2v) is 8.16. The maximum absolute atomic E-state index is 12.0. The zero-order valence-electron chi connectivity index (χ0n) is 16.3. The fourth-order valence-electron chi connectivity index (χ4n) is 4.25. The second-order valence-electron chi connectivity index (χ2n) is 7.72. The summed E-state index contributed by atoms with van der Waals surface area (Å²) in [5, 5.41) is 0.676. The Labute approximate surface area is 179 Å². The van der Waals surface area contributed by atoms with Crippen molar-refractivity contribution in [2.24, 2.45) is 0 Å². The van der Waals surface area contributed by atoms with E-state index in [1.165, 1.54) is 0 Å². The van der Waals surface area contributed by atoms with Crippen molar-refractivity contribution in [1.29, 1.82) is 0 Å². The molecule has 2 aromatic rings. The van der Waals surface area contributed by atoms with Gasteiger partial charge in [0.05, 0.1) is 13.2 Å². The molecule has 30 heavy (non-hydrogen) atoms. The summed E-state index contributed by atoms with van der Waals surface area (Å²) in [6.45, 7) is 2.84. The van der Waals surface area contributed by atoms with Crippen LogP contribution in [-0.2, 0) is 32.0 Å². The molecule has 5 rings (SSSR count). The number of ether oxygens (including phenoxy) is 3. The highest BCUT2D eigenvalue weighted by Gasteiger charge is 2.56. The predicted octanol–water partition coefficient (Wildman–Crippen LogP) is 2.74. The minimum atomic E-state index is -1.47. The van der Waals surface area contributed by atoms with Crippen LogP contribution in [0.4, 0.5) is 5.69 Å². The standard InChI is InChI=1S/C22H21ClN2O5/c23-17-5-3-15(4-6-17)13-24-9-10-25(22(14-24)29-20(26)21(27)30-22)18-7-8-19-16(12-18)2-1-11-28-19/h3-8,12H,1-2,9-11,13-14H2. The van der Waals surface area contributed by atoms with Crippen LogP contribution < -0.4 is 9.64 Å². The van der Waals surface area contributed by atoms with Gasteiger partial charge < -0.3 is 14.2 Å². The van der Waals surface area contributed by atoms with Gasteiger partial charge in [0.1, 0.15) is 5.75 Å². The number of fused-ring (bicyclic) bond motifs is 1. The van der Waals surface area contributed by atoms with Crippen LogP contribution in [0.3, 0.4) is 0 Å². The molecule has 0 saturated carbocycles. The van der Waals surface area contributed by atoms with Crippen LogP contribution in [0.15, 0.2) is 42.5 Å². The van der Waals surface area contributed by atoms with Crippen LogP contribution in [0.1, 0.15) is 17.5 Å². The van der Waals surface area contributed by atoms with E-state index in [-0.39, 0.29) is 6.54 Å². The average molecular weight is 429 g/mol. The molecular weight excluding hydrogens is 408 g/mol. The quantitative estimate of drug-likeness (QED) is 0.550. The molecule has 3 aliphatic heterocycles. The number of esters is 2. The van der Waals surface area contributed by atoms with Crippen molar-refractivity contribution >= 4 is 29.2 Å². The van der Waals surface area contributed by atoms with Crippen LogP contribution in [0.5, 0.6) is 5.75 Å². The molecule has 0 aromatic heterocycles. The SMILES string of the molecule is O=C1OC2(CN(Cc3ccc(Cl)cc3)CCN2c2ccc3c(c2)CCCO3)OC1=O. The number of rotatable bonds is 3. The predicted molar refractivity (Wildman–Crippen MR) is 109 cm³/mol. The van der Waals surface area contributed by atoms with Crippen molar-refractivity contribution in [2.75, 3.05) is 31.1 Å². The second kappa shape index (κ2) is 7.49. The molecule has 0 aliphatic carbocycles. The number of carbonyl (C=O) groups is 2. The Morgan fingerprint density at radius 3 is 2.53 bits per heavy atom. The van der Waals surface area contributed by atoms with E-state index in [0.29, 0.717) is 24.7 Å². The lowest BCUT2D eigenvalue weighted by Gasteiger charge is -2.46. The highest BCUT2D eigenvalue weighted by molar-refractivity contribution is 6.31. The fraction of sp³-hybridized carbons (Fsp3) is 0.364. The van der Waals surface area contributed by atoms with Gasteiger partial charge in [0.2, 0.25) is 0 Å². The molecule has 0 radical (unpaired) electrons. The molecule has 2 aromatic carbocycles. The number of hydrogen-bond donors (Lipinski definition) is 0. The van der Waals surface area contributed by atoms with Gasteiger partial charge >= 0.3 is 17.8 Å². The van der Waals surface area contributed by atoms with Gasteiger partial charge in [0, 0.05) is 30.3 Å². The first kappa shape index (κ1) is 19.2. The monoisotopic (exact) mass is 428 g/mol. The van der Waals surface area contributed by atoms with Crippen LogP contribution in [0, 0.1) is 0 Å². The van der Waals surface area contributed by atoms with Gasteiger partial charge in [-0.3, -0.25) is 9.80 Å². The maximum Gasteiger partial charge on any atom is 0.422 e. The summed E-state index contributed by atoms with van der Waals surface area (Å²) in [4.78, 5) is 27.9. The van der Waals surface area contributed by atoms with E-state index in [9.17, 15) is 9.59 Å². The molecule has 2 saturated heterocycles. The lowest BCUT2D eigenvalue weighted by molar-refractivity contribution is -0.193. The smallest absolute Gasteiger partial charge is 0.422 e. The molecule has 8 heteroatoms. The normalized spacial score (nSPS) is 20.5. The van der Waals surface area contributed by atoms with Crippen LogP contribution in [0.2, 0.25) is 5.02 Å². The fourth-order valence-corrected chi connectivity index (χ4v) is 4.38. The van der Waals surface area contributed by atoms with Gasteiger partial charge in [-0.2, -0.15) is 0 Å². The minimum Gasteiger partial charge on any atom is -0.493 e. The summed E-state index contributed by atoms with van der Waals surface area (Å²) in [5.41, 5.74) is 3.02. The van der Waals surface area contributed by atoms with Gasteiger partial charge in [-0.15, -0.1) is 0 Å². The van der Waals surface area contributed by atoms with Gasteiger partial charge in [-0.25, -0.2) is 9.59 Å². The van der Waals surface area contributed by atoms with E-state index < -0.39 is 17.8 Å². The summed E-state index contributed by atoms with van der Waals surface area (Å²) in [7, 11) is 0. The summed E-state index contributed by atoms with van der Waals surface area (Å²) in [5.74, 6) is -2.52. The van der Waals surface area contributed by atoms with Crippen molar-refractivity contribution in [2.45, 2.75) is 25.3 Å². The number of hydrogen-bond acceptors (Lipinski definition) is 7. The van der Waals surface area contributed by atoms with E-state index in [4.69, 9.17) is 25.8 Å². The Kier molecular flexibility index (Phi) is 4.79. The molecule has 156 valence electrons. The summed E-state index contributed by atoms with van der Waals surface area (Å²) in [6.07, 6.45) is 1.88. The van der Waals surface area contributed by atoms with Crippen LogP contribution >= 0.6 is 11.6 Å². The molecule has 0 atom stereocenters. The van der Waals surface area contributed by atoms with E-state index in [0.717, 1.165) is 42.0 Å². The molecule has 0 unspecified atom stereocenters. The third-order valence-corrected chi connectivity index (χ3v) is 5.92. The number of benzene rings is 2. The first-order valence-electron chi connectivity index (χ1n) is 9.99. The summed E-state index contributed by atoms with van der Waals surface area (Å²) in [6, 6.07) is 13.5. The van der Waals surface area contributed by atoms with Crippen molar-refractivity contribution in [3.8, 4) is 5.75 Å². The van der Waals surface area contributed by atoms with Crippen molar-refractivity contribution in [3.63, 3.8) is 0 Å². The Balaban J connectivity index is 1.43. The Morgan fingerprint density at radius 2 is 1.77 bits per heavy atom. The minimum absolute atomic E-state index is 0.251. The van der Waals surface area contributed by atoms with Gasteiger partial charge in [0.15, 0.2) is 0 Å². The molecule has 0 amide bonds. The average Bonchev–Trinajstić information content (AvgIpc) is 3.02. The van der Waals surface area contributed by atoms with Gasteiger partial charge in [-0.1, -0.05) is 23.7 Å². The third-order valence-electron chi connectivity index (χ3n) is 5.67. The molecule has 0 bridgehead atoms. The summed E-state index contributed by atoms with van der Waals surface area (Å²) >= 11 is 5.98. The van der Waals surface area contributed by atoms with E-state index in [1.807, 2.05) is 47.4 Å². The van der Waals surface area contributed by atoms with Gasteiger partial charge in [-0.05, 0) is 54.3 Å². The Morgan fingerprint density at radius 1 is 1.00 bits per heavy atom. The molecule has 3 aliphatic rings. The maximum atomic E-state index is 12.0. The molecule has 3 heterocycles. The molecular formula is C22H21ClN2O5. The Hall–Kier alpha value is -2.77. The number of aryl methyl sites for hydroxylation is 1. The molecule has 7 nitrogen and oxygen atoms in total. The van der Waals surface area contributed by atoms with Crippen LogP contribution in [-0.4, -0.2) is 49.0 Å². The number of nitrogens with zero attached hydrogens (tertiary/aromatic N) is 2. The molecule has 2 fully saturated rings. The zero-order valence-corrected chi connectivity index (χ0v) is 17.1. The number of carbonyl (C=O) groups excluding carboxylic acids is 2. The third kappa shape index (κ3) is 3.48. The van der Waals surface area contributed by atoms with Crippen LogP contribution in [0.25, 0.3) is 0 Å². The highest BCUT2D eigenvalue weighted by Crippen LogP contribution is 2.37. The number of piperazine rings is 1. The first-order chi connectivity index (χ1) is 14.5. The zero-order chi connectivity index (χ0) is 20.7. The number of halogens is 1. The van der Waals surface area contributed by atoms with Crippen molar-refractivity contribution < 1.29 is 23.8 Å². The lowest BCUT2D eigenvalue weighted by Crippen LogP contribution is -2.63. The molecule has 0 N–H and O–H groups in total. The van der Waals surface area contributed by atoms with E-state index in [1.54, 1.807) is 0 Å². The van der Waals surface area contributed by atoms with E-state index in [2.05, 4.69) is 4.90 Å². The largest absolute Gasteiger partial charge is 0.493 e. The molecule has 1 spiro atoms. The Bertz CT molecular complexity index is 978. The van der Waals surface area contributed by atoms with E-state index >= 15 is 0 Å². The highest BCUT2D eigenvalue weighted by atomic mass is 35.5. The summed E-state index contributed by atoms with van der Waals surface area (Å²) < 4.78 is 16.7.